The summed E-state index contributed by atoms with van der Waals surface area (Å²) in [6, 6.07) is 0. The van der Waals surface area contributed by atoms with Crippen molar-refractivity contribution in [2.45, 2.75) is 33.7 Å². The summed E-state index contributed by atoms with van der Waals surface area (Å²) in [5.41, 5.74) is 6.60. The van der Waals surface area contributed by atoms with Crippen molar-refractivity contribution in [2.24, 2.45) is 11.1 Å². The van der Waals surface area contributed by atoms with Gasteiger partial charge in [-0.2, -0.15) is 0 Å². The zero-order chi connectivity index (χ0) is 16.8. The first-order valence-corrected chi connectivity index (χ1v) is 8.59. The SMILES string of the molecule is Cc1sc2ncn(CC(=O)N3CCC(C)(CN)C3)c(=O)c2c1C.Cl. The van der Waals surface area contributed by atoms with Gasteiger partial charge in [0.05, 0.1) is 11.7 Å². The van der Waals surface area contributed by atoms with Gasteiger partial charge in [0.25, 0.3) is 5.56 Å². The van der Waals surface area contributed by atoms with E-state index in [0.29, 0.717) is 25.0 Å². The predicted molar refractivity (Wildman–Crippen MR) is 99.0 cm³/mol. The molecule has 24 heavy (non-hydrogen) atoms. The fraction of sp³-hybridized carbons (Fsp3) is 0.562. The van der Waals surface area contributed by atoms with Gasteiger partial charge in [-0.3, -0.25) is 14.2 Å². The Morgan fingerprint density at radius 2 is 2.17 bits per heavy atom. The van der Waals surface area contributed by atoms with E-state index in [0.717, 1.165) is 21.7 Å². The van der Waals surface area contributed by atoms with Crippen LogP contribution in [0.25, 0.3) is 10.2 Å². The number of rotatable bonds is 3. The first-order chi connectivity index (χ1) is 10.8. The molecular weight excluding hydrogens is 348 g/mol. The summed E-state index contributed by atoms with van der Waals surface area (Å²) in [6.45, 7) is 7.97. The molecule has 8 heteroatoms. The zero-order valence-corrected chi connectivity index (χ0v) is 15.8. The molecule has 0 aromatic carbocycles. The summed E-state index contributed by atoms with van der Waals surface area (Å²) >= 11 is 1.51. The third-order valence-corrected chi connectivity index (χ3v) is 5.98. The molecule has 2 N–H and O–H groups in total. The molecule has 0 bridgehead atoms. The number of amides is 1. The Bertz CT molecular complexity index is 831. The van der Waals surface area contributed by atoms with E-state index >= 15 is 0 Å². The molecule has 0 saturated carbocycles. The average Bonchev–Trinajstić information content (AvgIpc) is 3.05. The van der Waals surface area contributed by atoms with Crippen molar-refractivity contribution in [1.82, 2.24) is 14.5 Å². The van der Waals surface area contributed by atoms with Crippen LogP contribution in [-0.4, -0.2) is 40.0 Å². The molecule has 132 valence electrons. The topological polar surface area (TPSA) is 81.2 Å². The van der Waals surface area contributed by atoms with Gasteiger partial charge in [0.1, 0.15) is 11.4 Å². The second-order valence-electron chi connectivity index (χ2n) is 6.72. The highest BCUT2D eigenvalue weighted by atomic mass is 35.5. The number of fused-ring (bicyclic) bond motifs is 1. The van der Waals surface area contributed by atoms with Crippen molar-refractivity contribution in [2.75, 3.05) is 19.6 Å². The third kappa shape index (κ3) is 3.20. The minimum absolute atomic E-state index is 0. The number of nitrogens with zero attached hydrogens (tertiary/aromatic N) is 3. The number of halogens is 1. The molecule has 3 heterocycles. The van der Waals surface area contributed by atoms with E-state index in [1.165, 1.54) is 22.2 Å². The lowest BCUT2D eigenvalue weighted by molar-refractivity contribution is -0.131. The van der Waals surface area contributed by atoms with E-state index in [9.17, 15) is 9.59 Å². The van der Waals surface area contributed by atoms with Gasteiger partial charge in [0, 0.05) is 18.0 Å². The van der Waals surface area contributed by atoms with Gasteiger partial charge in [0.2, 0.25) is 5.91 Å². The van der Waals surface area contributed by atoms with Crippen LogP contribution in [0, 0.1) is 19.3 Å². The van der Waals surface area contributed by atoms with Gasteiger partial charge >= 0.3 is 0 Å². The van der Waals surface area contributed by atoms with Gasteiger partial charge in [-0.05, 0) is 37.8 Å². The Kier molecular flexibility index (Phi) is 5.37. The monoisotopic (exact) mass is 370 g/mol. The van der Waals surface area contributed by atoms with Crippen molar-refractivity contribution in [3.8, 4) is 0 Å². The fourth-order valence-electron chi connectivity index (χ4n) is 3.03. The van der Waals surface area contributed by atoms with Gasteiger partial charge in [-0.15, -0.1) is 23.7 Å². The molecule has 1 aliphatic heterocycles. The van der Waals surface area contributed by atoms with Crippen LogP contribution >= 0.6 is 23.7 Å². The molecule has 1 atom stereocenters. The predicted octanol–water partition coefficient (Wildman–Crippen LogP) is 1.69. The van der Waals surface area contributed by atoms with Crippen molar-refractivity contribution in [3.63, 3.8) is 0 Å². The number of carbonyl (C=O) groups excluding carboxylic acids is 1. The standard InChI is InChI=1S/C16H22N4O2S.ClH/c1-10-11(2)23-14-13(10)15(22)20(9-18-14)6-12(21)19-5-4-16(3,7-17)8-19;/h9H,4-8,17H2,1-3H3;1H. The van der Waals surface area contributed by atoms with E-state index in [2.05, 4.69) is 11.9 Å². The van der Waals surface area contributed by atoms with E-state index in [1.54, 1.807) is 4.90 Å². The van der Waals surface area contributed by atoms with Crippen LogP contribution in [0.5, 0.6) is 0 Å². The number of hydrogen-bond donors (Lipinski definition) is 1. The Balaban J connectivity index is 0.00000208. The summed E-state index contributed by atoms with van der Waals surface area (Å²) in [7, 11) is 0. The molecule has 1 fully saturated rings. The number of aromatic nitrogens is 2. The molecule has 1 saturated heterocycles. The summed E-state index contributed by atoms with van der Waals surface area (Å²) in [4.78, 5) is 33.1. The van der Waals surface area contributed by atoms with Crippen LogP contribution < -0.4 is 11.3 Å². The Morgan fingerprint density at radius 3 is 2.79 bits per heavy atom. The number of likely N-dealkylation sites (tertiary alicyclic amines) is 1. The van der Waals surface area contributed by atoms with Crippen LogP contribution in [0.15, 0.2) is 11.1 Å². The molecule has 1 unspecified atom stereocenters. The fourth-order valence-corrected chi connectivity index (χ4v) is 4.02. The number of hydrogen-bond acceptors (Lipinski definition) is 5. The van der Waals surface area contributed by atoms with Gasteiger partial charge < -0.3 is 10.6 Å². The molecule has 1 amide bonds. The maximum absolute atomic E-state index is 12.6. The lowest BCUT2D eigenvalue weighted by Crippen LogP contribution is -2.38. The van der Waals surface area contributed by atoms with E-state index in [4.69, 9.17) is 5.73 Å². The minimum atomic E-state index is -0.133. The molecular formula is C16H23ClN4O2S. The highest BCUT2D eigenvalue weighted by Gasteiger charge is 2.34. The van der Waals surface area contributed by atoms with E-state index in [1.807, 2.05) is 13.8 Å². The maximum atomic E-state index is 12.6. The highest BCUT2D eigenvalue weighted by molar-refractivity contribution is 7.18. The molecule has 2 aromatic heterocycles. The first kappa shape index (κ1) is 18.9. The number of carbonyl (C=O) groups is 1. The van der Waals surface area contributed by atoms with Crippen LogP contribution in [0.2, 0.25) is 0 Å². The molecule has 0 aliphatic carbocycles. The number of nitrogens with two attached hydrogens (primary N) is 1. The van der Waals surface area contributed by atoms with Gasteiger partial charge in [0.15, 0.2) is 0 Å². The average molecular weight is 371 g/mol. The van der Waals surface area contributed by atoms with E-state index in [-0.39, 0.29) is 35.8 Å². The summed E-state index contributed by atoms with van der Waals surface area (Å²) in [5.74, 6) is -0.0463. The molecule has 0 spiro atoms. The summed E-state index contributed by atoms with van der Waals surface area (Å²) < 4.78 is 1.42. The second-order valence-corrected chi connectivity index (χ2v) is 7.92. The largest absolute Gasteiger partial charge is 0.341 e. The minimum Gasteiger partial charge on any atom is -0.341 e. The Morgan fingerprint density at radius 1 is 1.46 bits per heavy atom. The second kappa shape index (κ2) is 6.82. The molecule has 0 radical (unpaired) electrons. The lowest BCUT2D eigenvalue weighted by Gasteiger charge is -2.22. The van der Waals surface area contributed by atoms with E-state index < -0.39 is 0 Å². The van der Waals surface area contributed by atoms with Crippen LogP contribution in [0.1, 0.15) is 23.8 Å². The van der Waals surface area contributed by atoms with Crippen molar-refractivity contribution >= 4 is 39.9 Å². The zero-order valence-electron chi connectivity index (χ0n) is 14.2. The smallest absolute Gasteiger partial charge is 0.262 e. The third-order valence-electron chi connectivity index (χ3n) is 4.86. The lowest BCUT2D eigenvalue weighted by atomic mass is 9.90. The van der Waals surface area contributed by atoms with Gasteiger partial charge in [-0.1, -0.05) is 6.92 Å². The maximum Gasteiger partial charge on any atom is 0.262 e. The van der Waals surface area contributed by atoms with Crippen molar-refractivity contribution < 1.29 is 4.79 Å². The molecule has 2 aromatic rings. The molecule has 3 rings (SSSR count). The first-order valence-electron chi connectivity index (χ1n) is 7.77. The summed E-state index contributed by atoms with van der Waals surface area (Å²) in [5, 5.41) is 0.635. The normalized spacial score (nSPS) is 20.4. The summed E-state index contributed by atoms with van der Waals surface area (Å²) in [6.07, 6.45) is 2.39. The quantitative estimate of drug-likeness (QED) is 0.891. The molecule has 1 aliphatic rings. The van der Waals surface area contributed by atoms with Crippen LogP contribution in [0.4, 0.5) is 0 Å². The number of thiophene rings is 1. The van der Waals surface area contributed by atoms with Crippen LogP contribution in [-0.2, 0) is 11.3 Å². The van der Waals surface area contributed by atoms with Gasteiger partial charge in [-0.25, -0.2) is 4.98 Å². The molecule has 6 nitrogen and oxygen atoms in total. The Hall–Kier alpha value is -1.44. The number of aryl methyl sites for hydroxylation is 2. The highest BCUT2D eigenvalue weighted by Crippen LogP contribution is 2.29. The van der Waals surface area contributed by atoms with Crippen LogP contribution in [0.3, 0.4) is 0 Å². The van der Waals surface area contributed by atoms with Crippen molar-refractivity contribution in [1.29, 1.82) is 0 Å². The van der Waals surface area contributed by atoms with Crippen molar-refractivity contribution in [3.05, 3.63) is 27.1 Å². The Labute approximate surface area is 151 Å².